The van der Waals surface area contributed by atoms with Gasteiger partial charge in [0.15, 0.2) is 0 Å². The Kier molecular flexibility index (Phi) is 3.67. The highest BCUT2D eigenvalue weighted by Gasteiger charge is 2.33. The standard InChI is InChI=1S/C16H24N2/c1-17-10-14-3-2-4-15(9-14)12-18(16-7-8-16)11-13-5-6-13/h2-4,9,13,16-17H,5-8,10-12H2,1H3. The normalized spacial score (nSPS) is 19.4. The van der Waals surface area contributed by atoms with Crippen molar-refractivity contribution >= 4 is 0 Å². The van der Waals surface area contributed by atoms with Crippen molar-refractivity contribution in [3.8, 4) is 0 Å². The Balaban J connectivity index is 1.63. The molecule has 1 aromatic rings. The fourth-order valence-corrected chi connectivity index (χ4v) is 2.69. The SMILES string of the molecule is CNCc1cccc(CN(CC2CC2)C2CC2)c1. The summed E-state index contributed by atoms with van der Waals surface area (Å²) in [6.45, 7) is 3.46. The molecule has 0 atom stereocenters. The molecule has 1 aromatic carbocycles. The molecule has 18 heavy (non-hydrogen) atoms. The fraction of sp³-hybridized carbons (Fsp3) is 0.625. The smallest absolute Gasteiger partial charge is 0.0236 e. The predicted molar refractivity (Wildman–Crippen MR) is 75.4 cm³/mol. The molecule has 2 aliphatic rings. The Bertz CT molecular complexity index is 394. The first kappa shape index (κ1) is 12.2. The van der Waals surface area contributed by atoms with E-state index >= 15 is 0 Å². The Hall–Kier alpha value is -0.860. The van der Waals surface area contributed by atoms with Crippen molar-refractivity contribution in [1.29, 1.82) is 0 Å². The average molecular weight is 244 g/mol. The molecule has 0 heterocycles. The third kappa shape index (κ3) is 3.33. The molecular formula is C16H24N2. The van der Waals surface area contributed by atoms with Crippen molar-refractivity contribution in [2.75, 3.05) is 13.6 Å². The van der Waals surface area contributed by atoms with Crippen molar-refractivity contribution in [3.63, 3.8) is 0 Å². The van der Waals surface area contributed by atoms with E-state index in [1.807, 2.05) is 7.05 Å². The van der Waals surface area contributed by atoms with Gasteiger partial charge in [0.2, 0.25) is 0 Å². The summed E-state index contributed by atoms with van der Waals surface area (Å²) in [4.78, 5) is 2.72. The Morgan fingerprint density at radius 2 is 1.94 bits per heavy atom. The minimum Gasteiger partial charge on any atom is -0.316 e. The molecule has 0 spiro atoms. The Labute approximate surface area is 110 Å². The molecule has 2 saturated carbocycles. The fourth-order valence-electron chi connectivity index (χ4n) is 2.69. The van der Waals surface area contributed by atoms with Gasteiger partial charge in [0.25, 0.3) is 0 Å². The molecule has 0 aliphatic heterocycles. The van der Waals surface area contributed by atoms with Gasteiger partial charge < -0.3 is 5.32 Å². The van der Waals surface area contributed by atoms with Crippen LogP contribution in [0.25, 0.3) is 0 Å². The molecule has 2 fully saturated rings. The van der Waals surface area contributed by atoms with Gasteiger partial charge in [-0.15, -0.1) is 0 Å². The van der Waals surface area contributed by atoms with Crippen molar-refractivity contribution in [3.05, 3.63) is 35.4 Å². The Morgan fingerprint density at radius 3 is 2.61 bits per heavy atom. The van der Waals surface area contributed by atoms with Crippen LogP contribution in [0.3, 0.4) is 0 Å². The molecule has 3 rings (SSSR count). The molecule has 0 aromatic heterocycles. The Morgan fingerprint density at radius 1 is 1.17 bits per heavy atom. The second-order valence-corrected chi connectivity index (χ2v) is 5.95. The first-order valence-corrected chi connectivity index (χ1v) is 7.31. The van der Waals surface area contributed by atoms with Crippen LogP contribution in [0.15, 0.2) is 24.3 Å². The van der Waals surface area contributed by atoms with Gasteiger partial charge in [-0.05, 0) is 49.8 Å². The number of hydrogen-bond acceptors (Lipinski definition) is 2. The van der Waals surface area contributed by atoms with Crippen molar-refractivity contribution in [1.82, 2.24) is 10.2 Å². The summed E-state index contributed by atoms with van der Waals surface area (Å²) in [6, 6.07) is 9.94. The molecule has 2 aliphatic carbocycles. The molecule has 98 valence electrons. The van der Waals surface area contributed by atoms with E-state index in [1.165, 1.54) is 43.4 Å². The number of rotatable bonds is 7. The zero-order chi connectivity index (χ0) is 12.4. The molecule has 0 bridgehead atoms. The van der Waals surface area contributed by atoms with Gasteiger partial charge in [0, 0.05) is 25.7 Å². The van der Waals surface area contributed by atoms with Gasteiger partial charge >= 0.3 is 0 Å². The quantitative estimate of drug-likeness (QED) is 0.793. The lowest BCUT2D eigenvalue weighted by atomic mass is 10.1. The van der Waals surface area contributed by atoms with E-state index in [2.05, 4.69) is 34.5 Å². The topological polar surface area (TPSA) is 15.3 Å². The van der Waals surface area contributed by atoms with Gasteiger partial charge in [-0.1, -0.05) is 24.3 Å². The van der Waals surface area contributed by atoms with Gasteiger partial charge in [-0.3, -0.25) is 4.90 Å². The number of benzene rings is 1. The van der Waals surface area contributed by atoms with Gasteiger partial charge in [-0.2, -0.15) is 0 Å². The van der Waals surface area contributed by atoms with E-state index < -0.39 is 0 Å². The van der Waals surface area contributed by atoms with Crippen LogP contribution in [0, 0.1) is 5.92 Å². The minimum absolute atomic E-state index is 0.888. The largest absolute Gasteiger partial charge is 0.316 e. The highest BCUT2D eigenvalue weighted by Crippen LogP contribution is 2.35. The molecule has 0 saturated heterocycles. The summed E-state index contributed by atoms with van der Waals surface area (Å²) in [5.74, 6) is 1.01. The third-order valence-corrected chi connectivity index (χ3v) is 4.01. The van der Waals surface area contributed by atoms with E-state index in [9.17, 15) is 0 Å². The van der Waals surface area contributed by atoms with E-state index in [0.29, 0.717) is 0 Å². The van der Waals surface area contributed by atoms with Crippen LogP contribution >= 0.6 is 0 Å². The lowest BCUT2D eigenvalue weighted by Gasteiger charge is -2.22. The van der Waals surface area contributed by atoms with Crippen molar-refractivity contribution < 1.29 is 0 Å². The van der Waals surface area contributed by atoms with Crippen LogP contribution in [-0.4, -0.2) is 24.5 Å². The molecular weight excluding hydrogens is 220 g/mol. The van der Waals surface area contributed by atoms with Crippen LogP contribution in [0.2, 0.25) is 0 Å². The molecule has 0 radical (unpaired) electrons. The highest BCUT2D eigenvalue weighted by atomic mass is 15.2. The third-order valence-electron chi connectivity index (χ3n) is 4.01. The van der Waals surface area contributed by atoms with Gasteiger partial charge in [-0.25, -0.2) is 0 Å². The highest BCUT2D eigenvalue weighted by molar-refractivity contribution is 5.23. The summed E-state index contributed by atoms with van der Waals surface area (Å²) in [7, 11) is 2.01. The van der Waals surface area contributed by atoms with Crippen molar-refractivity contribution in [2.45, 2.75) is 44.8 Å². The maximum absolute atomic E-state index is 3.23. The lowest BCUT2D eigenvalue weighted by Crippen LogP contribution is -2.27. The maximum Gasteiger partial charge on any atom is 0.0236 e. The molecule has 0 amide bonds. The zero-order valence-electron chi connectivity index (χ0n) is 11.4. The molecule has 0 unspecified atom stereocenters. The van der Waals surface area contributed by atoms with E-state index in [0.717, 1.165) is 25.0 Å². The van der Waals surface area contributed by atoms with E-state index in [1.54, 1.807) is 0 Å². The van der Waals surface area contributed by atoms with Crippen LogP contribution < -0.4 is 5.32 Å². The number of hydrogen-bond donors (Lipinski definition) is 1. The molecule has 2 heteroatoms. The average Bonchev–Trinajstić information content (AvgIpc) is 3.24. The van der Waals surface area contributed by atoms with E-state index in [4.69, 9.17) is 0 Å². The predicted octanol–water partition coefficient (Wildman–Crippen LogP) is 2.78. The van der Waals surface area contributed by atoms with Crippen LogP contribution in [0.4, 0.5) is 0 Å². The maximum atomic E-state index is 3.23. The van der Waals surface area contributed by atoms with Crippen molar-refractivity contribution in [2.24, 2.45) is 5.92 Å². The second-order valence-electron chi connectivity index (χ2n) is 5.95. The van der Waals surface area contributed by atoms with Gasteiger partial charge in [0.05, 0.1) is 0 Å². The first-order valence-electron chi connectivity index (χ1n) is 7.31. The summed E-state index contributed by atoms with van der Waals surface area (Å²) in [6.07, 6.45) is 5.76. The number of nitrogens with zero attached hydrogens (tertiary/aromatic N) is 1. The molecule has 1 N–H and O–H groups in total. The summed E-state index contributed by atoms with van der Waals surface area (Å²) >= 11 is 0. The van der Waals surface area contributed by atoms with Crippen LogP contribution in [0.1, 0.15) is 36.8 Å². The summed E-state index contributed by atoms with van der Waals surface area (Å²) in [5, 5.41) is 3.23. The van der Waals surface area contributed by atoms with E-state index in [-0.39, 0.29) is 0 Å². The monoisotopic (exact) mass is 244 g/mol. The second kappa shape index (κ2) is 5.41. The first-order chi connectivity index (χ1) is 8.85. The zero-order valence-corrected chi connectivity index (χ0v) is 11.4. The summed E-state index contributed by atoms with van der Waals surface area (Å²) in [5.41, 5.74) is 2.88. The van der Waals surface area contributed by atoms with Crippen LogP contribution in [-0.2, 0) is 13.1 Å². The lowest BCUT2D eigenvalue weighted by molar-refractivity contribution is 0.244. The van der Waals surface area contributed by atoms with Crippen LogP contribution in [0.5, 0.6) is 0 Å². The number of nitrogens with one attached hydrogen (secondary N) is 1. The molecule has 2 nitrogen and oxygen atoms in total. The minimum atomic E-state index is 0.888. The van der Waals surface area contributed by atoms with Gasteiger partial charge in [0.1, 0.15) is 0 Å². The summed E-state index contributed by atoms with van der Waals surface area (Å²) < 4.78 is 0.